The number of amides is 2. The van der Waals surface area contributed by atoms with Crippen LogP contribution < -0.4 is 5.32 Å². The minimum absolute atomic E-state index is 0.0241. The van der Waals surface area contributed by atoms with Crippen LogP contribution >= 0.6 is 0 Å². The summed E-state index contributed by atoms with van der Waals surface area (Å²) in [6.07, 6.45) is 1.83. The summed E-state index contributed by atoms with van der Waals surface area (Å²) < 4.78 is 0. The SMILES string of the molecule is CC(Cc1ccccc1)C(=O)NC1CC(c2ccccc2)CCN(C(Cc2ccccc2)C(=O)O)C1=O. The number of benzene rings is 3. The van der Waals surface area contributed by atoms with Crippen LogP contribution in [0.1, 0.15) is 42.4 Å². The van der Waals surface area contributed by atoms with Crippen LogP contribution in [0.4, 0.5) is 0 Å². The lowest BCUT2D eigenvalue weighted by atomic mass is 9.90. The van der Waals surface area contributed by atoms with E-state index in [9.17, 15) is 19.5 Å². The van der Waals surface area contributed by atoms with Crippen LogP contribution in [-0.2, 0) is 27.2 Å². The first kappa shape index (κ1) is 26.1. The maximum Gasteiger partial charge on any atom is 0.326 e. The Morgan fingerprint density at radius 2 is 1.43 bits per heavy atom. The van der Waals surface area contributed by atoms with Gasteiger partial charge in [-0.15, -0.1) is 0 Å². The third-order valence-corrected chi connectivity index (χ3v) is 7.17. The summed E-state index contributed by atoms with van der Waals surface area (Å²) in [6, 6.07) is 27.2. The Hall–Kier alpha value is -3.93. The van der Waals surface area contributed by atoms with Gasteiger partial charge < -0.3 is 15.3 Å². The number of rotatable bonds is 9. The van der Waals surface area contributed by atoms with E-state index in [2.05, 4.69) is 5.32 Å². The van der Waals surface area contributed by atoms with Gasteiger partial charge in [-0.3, -0.25) is 9.59 Å². The van der Waals surface area contributed by atoms with Gasteiger partial charge in [0.2, 0.25) is 11.8 Å². The largest absolute Gasteiger partial charge is 0.480 e. The second kappa shape index (κ2) is 12.3. The summed E-state index contributed by atoms with van der Waals surface area (Å²) >= 11 is 0. The van der Waals surface area contributed by atoms with Crippen LogP contribution in [0.25, 0.3) is 0 Å². The minimum atomic E-state index is -1.04. The molecule has 0 aliphatic carbocycles. The van der Waals surface area contributed by atoms with Gasteiger partial charge in [0.1, 0.15) is 12.1 Å². The number of likely N-dealkylation sites (tertiary alicyclic amines) is 1. The van der Waals surface area contributed by atoms with Gasteiger partial charge in [-0.1, -0.05) is 97.9 Å². The number of hydrogen-bond acceptors (Lipinski definition) is 3. The fraction of sp³-hybridized carbons (Fsp3) is 0.323. The Balaban J connectivity index is 1.57. The fourth-order valence-electron chi connectivity index (χ4n) is 5.11. The lowest BCUT2D eigenvalue weighted by Crippen LogP contribution is -2.54. The number of carbonyl (C=O) groups is 3. The van der Waals surface area contributed by atoms with Crippen LogP contribution in [-0.4, -0.2) is 46.4 Å². The minimum Gasteiger partial charge on any atom is -0.480 e. The predicted molar refractivity (Wildman–Crippen MR) is 143 cm³/mol. The molecule has 6 heteroatoms. The second-order valence-corrected chi connectivity index (χ2v) is 9.86. The van der Waals surface area contributed by atoms with E-state index in [-0.39, 0.29) is 30.1 Å². The molecule has 37 heavy (non-hydrogen) atoms. The second-order valence-electron chi connectivity index (χ2n) is 9.86. The van der Waals surface area contributed by atoms with Crippen molar-refractivity contribution in [1.29, 1.82) is 0 Å². The molecule has 3 aromatic rings. The Labute approximate surface area is 218 Å². The van der Waals surface area contributed by atoms with Crippen molar-refractivity contribution in [2.45, 2.75) is 50.6 Å². The van der Waals surface area contributed by atoms with Gasteiger partial charge in [0, 0.05) is 18.9 Å². The lowest BCUT2D eigenvalue weighted by Gasteiger charge is -2.30. The van der Waals surface area contributed by atoms with Crippen LogP contribution in [0.2, 0.25) is 0 Å². The lowest BCUT2D eigenvalue weighted by molar-refractivity contribution is -0.151. The summed E-state index contributed by atoms with van der Waals surface area (Å²) in [7, 11) is 0. The van der Waals surface area contributed by atoms with Crippen molar-refractivity contribution < 1.29 is 19.5 Å². The molecule has 1 aliphatic rings. The van der Waals surface area contributed by atoms with Crippen LogP contribution in [0, 0.1) is 5.92 Å². The average Bonchev–Trinajstić information content (AvgIpc) is 3.07. The van der Waals surface area contributed by atoms with Crippen LogP contribution in [0.3, 0.4) is 0 Å². The molecule has 0 aromatic heterocycles. The molecule has 0 bridgehead atoms. The molecule has 3 aromatic carbocycles. The van der Waals surface area contributed by atoms with E-state index in [0.717, 1.165) is 16.7 Å². The van der Waals surface area contributed by atoms with E-state index < -0.39 is 18.1 Å². The van der Waals surface area contributed by atoms with E-state index in [1.54, 1.807) is 0 Å². The summed E-state index contributed by atoms with van der Waals surface area (Å²) in [5, 5.41) is 13.1. The highest BCUT2D eigenvalue weighted by atomic mass is 16.4. The number of nitrogens with zero attached hydrogens (tertiary/aromatic N) is 1. The summed E-state index contributed by atoms with van der Waals surface area (Å²) in [4.78, 5) is 40.9. The van der Waals surface area contributed by atoms with Crippen LogP contribution in [0.15, 0.2) is 91.0 Å². The molecule has 4 unspecified atom stereocenters. The first-order chi connectivity index (χ1) is 17.9. The summed E-state index contributed by atoms with van der Waals surface area (Å²) in [5.74, 6) is -1.89. The molecule has 0 radical (unpaired) electrons. The molecule has 4 rings (SSSR count). The normalized spacial score (nSPS) is 19.5. The number of carboxylic acid groups (broad SMARTS) is 1. The van der Waals surface area contributed by atoms with Gasteiger partial charge in [-0.2, -0.15) is 0 Å². The van der Waals surface area contributed by atoms with Crippen molar-refractivity contribution >= 4 is 17.8 Å². The third-order valence-electron chi connectivity index (χ3n) is 7.17. The highest BCUT2D eigenvalue weighted by Gasteiger charge is 2.39. The van der Waals surface area contributed by atoms with Crippen LogP contribution in [0.5, 0.6) is 0 Å². The van der Waals surface area contributed by atoms with E-state index >= 15 is 0 Å². The molecule has 4 atom stereocenters. The van der Waals surface area contributed by atoms with Gasteiger partial charge in [0.15, 0.2) is 0 Å². The van der Waals surface area contributed by atoms with Gasteiger partial charge >= 0.3 is 5.97 Å². The number of carbonyl (C=O) groups excluding carboxylic acids is 2. The van der Waals surface area contributed by atoms with Crippen molar-refractivity contribution in [2.24, 2.45) is 5.92 Å². The van der Waals surface area contributed by atoms with E-state index in [1.807, 2.05) is 97.9 Å². The maximum atomic E-state index is 13.8. The summed E-state index contributed by atoms with van der Waals surface area (Å²) in [6.45, 7) is 2.17. The zero-order chi connectivity index (χ0) is 26.2. The van der Waals surface area contributed by atoms with Gasteiger partial charge in [-0.05, 0) is 41.9 Å². The van der Waals surface area contributed by atoms with Crippen molar-refractivity contribution in [1.82, 2.24) is 10.2 Å². The van der Waals surface area contributed by atoms with E-state index in [4.69, 9.17) is 0 Å². The maximum absolute atomic E-state index is 13.8. The molecule has 1 saturated heterocycles. The molecule has 192 valence electrons. The van der Waals surface area contributed by atoms with Gasteiger partial charge in [0.25, 0.3) is 0 Å². The molecule has 1 fully saturated rings. The van der Waals surface area contributed by atoms with Crippen molar-refractivity contribution in [3.63, 3.8) is 0 Å². The molecule has 0 spiro atoms. The van der Waals surface area contributed by atoms with Crippen molar-refractivity contribution in [3.8, 4) is 0 Å². The Morgan fingerprint density at radius 1 is 0.892 bits per heavy atom. The Bertz CT molecular complexity index is 1180. The molecule has 2 N–H and O–H groups in total. The van der Waals surface area contributed by atoms with Gasteiger partial charge in [0.05, 0.1) is 0 Å². The Morgan fingerprint density at radius 3 is 2.00 bits per heavy atom. The third kappa shape index (κ3) is 6.85. The van der Waals surface area contributed by atoms with Crippen molar-refractivity contribution in [2.75, 3.05) is 6.54 Å². The molecule has 2 amide bonds. The molecule has 0 saturated carbocycles. The highest BCUT2D eigenvalue weighted by molar-refractivity contribution is 5.91. The predicted octanol–water partition coefficient (Wildman–Crippen LogP) is 4.45. The quantitative estimate of drug-likeness (QED) is 0.456. The fourth-order valence-corrected chi connectivity index (χ4v) is 5.11. The molecule has 1 aliphatic heterocycles. The molecule has 6 nitrogen and oxygen atoms in total. The zero-order valence-corrected chi connectivity index (χ0v) is 21.1. The Kier molecular flexibility index (Phi) is 8.72. The van der Waals surface area contributed by atoms with Gasteiger partial charge in [-0.25, -0.2) is 4.79 Å². The highest BCUT2D eigenvalue weighted by Crippen LogP contribution is 2.30. The first-order valence-electron chi connectivity index (χ1n) is 12.9. The topological polar surface area (TPSA) is 86.7 Å². The monoisotopic (exact) mass is 498 g/mol. The average molecular weight is 499 g/mol. The van der Waals surface area contributed by atoms with E-state index in [1.165, 1.54) is 4.90 Å². The first-order valence-corrected chi connectivity index (χ1v) is 12.9. The number of hydrogen-bond donors (Lipinski definition) is 2. The number of nitrogens with one attached hydrogen (secondary N) is 1. The zero-order valence-electron chi connectivity index (χ0n) is 21.1. The number of carboxylic acids is 1. The number of aliphatic carboxylic acids is 1. The standard InChI is InChI=1S/C31H34N2O4/c1-22(19-23-11-5-2-6-12-23)29(34)32-27-21-26(25-15-9-4-10-16-25)17-18-33(30(27)35)28(31(36)37)20-24-13-7-3-8-14-24/h2-16,22,26-28H,17-21H2,1H3,(H,32,34)(H,36,37). The van der Waals surface area contributed by atoms with E-state index in [0.29, 0.717) is 25.8 Å². The molecular weight excluding hydrogens is 464 g/mol. The molecule has 1 heterocycles. The smallest absolute Gasteiger partial charge is 0.326 e. The summed E-state index contributed by atoms with van der Waals surface area (Å²) in [5.41, 5.74) is 2.99. The molecular formula is C31H34N2O4. The van der Waals surface area contributed by atoms with Crippen molar-refractivity contribution in [3.05, 3.63) is 108 Å².